The fourth-order valence-electron chi connectivity index (χ4n) is 3.35. The average Bonchev–Trinajstić information content (AvgIpc) is 3.01. The smallest absolute Gasteiger partial charge is 0.185 e. The number of rotatable bonds is 5. The lowest BCUT2D eigenvalue weighted by atomic mass is 10.0. The van der Waals surface area contributed by atoms with Crippen LogP contribution in [-0.2, 0) is 6.42 Å². The molecule has 28 heavy (non-hydrogen) atoms. The largest absolute Gasteiger partial charge is 0.370 e. The Bertz CT molecular complexity index is 1170. The zero-order valence-electron chi connectivity index (χ0n) is 14.9. The van der Waals surface area contributed by atoms with Crippen molar-refractivity contribution in [1.29, 1.82) is 5.41 Å². The molecule has 4 aromatic rings. The minimum Gasteiger partial charge on any atom is -0.370 e. The third kappa shape index (κ3) is 3.86. The Morgan fingerprint density at radius 2 is 1.68 bits per heavy atom. The molecule has 1 heterocycles. The highest BCUT2D eigenvalue weighted by atomic mass is 35.5. The first-order valence-electron chi connectivity index (χ1n) is 8.84. The molecule has 0 bridgehead atoms. The van der Waals surface area contributed by atoms with Gasteiger partial charge < -0.3 is 21.4 Å². The van der Waals surface area contributed by atoms with Crippen LogP contribution in [-0.4, -0.2) is 17.5 Å². The minimum absolute atomic E-state index is 0.0323. The molecule has 3 aromatic carbocycles. The number of nitrogens with one attached hydrogen (secondary N) is 4. The van der Waals surface area contributed by atoms with Crippen molar-refractivity contribution >= 4 is 62.3 Å². The molecule has 1 aromatic heterocycles. The topological polar surface area (TPSA) is 89.7 Å². The SMILES string of the molecule is N=C(N)NCCc1cc(Nc2ccc(Cl)cc2)cc2c1[nH]c1ccc(Cl)cc12. The summed E-state index contributed by atoms with van der Waals surface area (Å²) in [7, 11) is 0. The highest BCUT2D eigenvalue weighted by Crippen LogP contribution is 2.33. The van der Waals surface area contributed by atoms with Gasteiger partial charge in [0.15, 0.2) is 5.96 Å². The van der Waals surface area contributed by atoms with Gasteiger partial charge in [-0.15, -0.1) is 0 Å². The maximum atomic E-state index is 7.36. The van der Waals surface area contributed by atoms with Crippen LogP contribution in [0.4, 0.5) is 11.4 Å². The third-order valence-electron chi connectivity index (χ3n) is 4.59. The summed E-state index contributed by atoms with van der Waals surface area (Å²) in [5.74, 6) is -0.0323. The molecular weight excluding hydrogens is 393 g/mol. The molecule has 7 heteroatoms. The number of fused-ring (bicyclic) bond motifs is 3. The molecule has 0 saturated heterocycles. The highest BCUT2D eigenvalue weighted by molar-refractivity contribution is 6.32. The van der Waals surface area contributed by atoms with Crippen molar-refractivity contribution in [2.45, 2.75) is 6.42 Å². The first-order chi connectivity index (χ1) is 13.5. The predicted molar refractivity (Wildman–Crippen MR) is 119 cm³/mol. The van der Waals surface area contributed by atoms with Gasteiger partial charge in [-0.05, 0) is 66.6 Å². The van der Waals surface area contributed by atoms with Crippen LogP contribution in [0.3, 0.4) is 0 Å². The average molecular weight is 412 g/mol. The van der Waals surface area contributed by atoms with E-state index in [1.807, 2.05) is 42.5 Å². The summed E-state index contributed by atoms with van der Waals surface area (Å²) in [5.41, 5.74) is 10.5. The standard InChI is InChI=1S/C21H19Cl2N5/c22-13-1-4-15(5-2-13)27-16-9-12(7-8-26-21(24)25)20-18(11-16)17-10-14(23)3-6-19(17)28-20/h1-6,9-11,27-28H,7-8H2,(H4,24,25,26). The summed E-state index contributed by atoms with van der Waals surface area (Å²) in [6, 6.07) is 17.6. The summed E-state index contributed by atoms with van der Waals surface area (Å²) in [5, 5.41) is 17.2. The molecule has 0 unspecified atom stereocenters. The van der Waals surface area contributed by atoms with Gasteiger partial charge in [0.05, 0.1) is 0 Å². The van der Waals surface area contributed by atoms with Gasteiger partial charge in [0.2, 0.25) is 0 Å². The van der Waals surface area contributed by atoms with Crippen molar-refractivity contribution in [2.24, 2.45) is 5.73 Å². The van der Waals surface area contributed by atoms with Gasteiger partial charge in [0.25, 0.3) is 0 Å². The van der Waals surface area contributed by atoms with Crippen molar-refractivity contribution < 1.29 is 0 Å². The monoisotopic (exact) mass is 411 g/mol. The van der Waals surface area contributed by atoms with Gasteiger partial charge in [-0.3, -0.25) is 5.41 Å². The number of hydrogen-bond acceptors (Lipinski definition) is 2. The molecule has 0 radical (unpaired) electrons. The second-order valence-electron chi connectivity index (χ2n) is 6.60. The fourth-order valence-corrected chi connectivity index (χ4v) is 3.64. The second-order valence-corrected chi connectivity index (χ2v) is 7.47. The lowest BCUT2D eigenvalue weighted by molar-refractivity contribution is 0.857. The van der Waals surface area contributed by atoms with Gasteiger partial charge in [-0.1, -0.05) is 23.2 Å². The number of nitrogens with two attached hydrogens (primary N) is 1. The molecule has 0 atom stereocenters. The number of aromatic nitrogens is 1. The predicted octanol–water partition coefficient (Wildman–Crippen LogP) is 5.40. The van der Waals surface area contributed by atoms with E-state index in [1.165, 1.54) is 0 Å². The van der Waals surface area contributed by atoms with E-state index >= 15 is 0 Å². The molecular formula is C21H19Cl2N5. The first-order valence-corrected chi connectivity index (χ1v) is 9.59. The van der Waals surface area contributed by atoms with Gasteiger partial charge in [-0.2, -0.15) is 0 Å². The van der Waals surface area contributed by atoms with E-state index in [0.29, 0.717) is 23.0 Å². The van der Waals surface area contributed by atoms with Crippen molar-refractivity contribution in [3.63, 3.8) is 0 Å². The Kier molecular flexibility index (Phi) is 5.03. The number of anilines is 2. The maximum Gasteiger partial charge on any atom is 0.185 e. The van der Waals surface area contributed by atoms with Crippen molar-refractivity contribution in [3.8, 4) is 0 Å². The van der Waals surface area contributed by atoms with E-state index in [-0.39, 0.29) is 5.96 Å². The lowest BCUT2D eigenvalue weighted by Crippen LogP contribution is -2.31. The van der Waals surface area contributed by atoms with E-state index in [9.17, 15) is 0 Å². The summed E-state index contributed by atoms with van der Waals surface area (Å²) < 4.78 is 0. The van der Waals surface area contributed by atoms with Crippen LogP contribution in [0.1, 0.15) is 5.56 Å². The molecule has 0 aliphatic heterocycles. The van der Waals surface area contributed by atoms with Crippen LogP contribution in [0, 0.1) is 5.41 Å². The van der Waals surface area contributed by atoms with Crippen LogP contribution in [0.15, 0.2) is 54.6 Å². The Hall–Kier alpha value is -2.89. The molecule has 0 amide bonds. The van der Waals surface area contributed by atoms with Gasteiger partial charge in [0, 0.05) is 49.8 Å². The number of H-pyrrole nitrogens is 1. The van der Waals surface area contributed by atoms with Gasteiger partial charge >= 0.3 is 0 Å². The Morgan fingerprint density at radius 3 is 2.43 bits per heavy atom. The van der Waals surface area contributed by atoms with E-state index < -0.39 is 0 Å². The van der Waals surface area contributed by atoms with Crippen LogP contribution < -0.4 is 16.4 Å². The van der Waals surface area contributed by atoms with Crippen LogP contribution in [0.5, 0.6) is 0 Å². The number of guanidine groups is 1. The minimum atomic E-state index is -0.0323. The molecule has 6 N–H and O–H groups in total. The highest BCUT2D eigenvalue weighted by Gasteiger charge is 2.11. The maximum absolute atomic E-state index is 7.36. The van der Waals surface area contributed by atoms with Crippen molar-refractivity contribution in [3.05, 3.63) is 70.2 Å². The normalized spacial score (nSPS) is 11.1. The molecule has 0 saturated carbocycles. The summed E-state index contributed by atoms with van der Waals surface area (Å²) in [4.78, 5) is 3.49. The Labute approximate surface area is 172 Å². The molecule has 0 spiro atoms. The third-order valence-corrected chi connectivity index (χ3v) is 5.08. The number of hydrogen-bond donors (Lipinski definition) is 5. The Balaban J connectivity index is 1.80. The van der Waals surface area contributed by atoms with Crippen LogP contribution in [0.25, 0.3) is 21.8 Å². The lowest BCUT2D eigenvalue weighted by Gasteiger charge is -2.11. The summed E-state index contributed by atoms with van der Waals surface area (Å²) in [6.45, 7) is 0.574. The molecule has 0 aliphatic carbocycles. The van der Waals surface area contributed by atoms with Gasteiger partial charge in [-0.25, -0.2) is 0 Å². The van der Waals surface area contributed by atoms with E-state index in [4.69, 9.17) is 34.3 Å². The molecule has 142 valence electrons. The van der Waals surface area contributed by atoms with E-state index in [0.717, 1.165) is 38.7 Å². The summed E-state index contributed by atoms with van der Waals surface area (Å²) in [6.07, 6.45) is 0.715. The van der Waals surface area contributed by atoms with Gasteiger partial charge in [0.1, 0.15) is 0 Å². The first kappa shape index (κ1) is 18.5. The molecule has 0 aliphatic rings. The van der Waals surface area contributed by atoms with E-state index in [2.05, 4.69) is 27.8 Å². The van der Waals surface area contributed by atoms with Crippen LogP contribution >= 0.6 is 23.2 Å². The zero-order valence-corrected chi connectivity index (χ0v) is 16.5. The number of halogens is 2. The Morgan fingerprint density at radius 1 is 0.929 bits per heavy atom. The van der Waals surface area contributed by atoms with Crippen LogP contribution in [0.2, 0.25) is 10.0 Å². The molecule has 4 rings (SSSR count). The quantitative estimate of drug-likeness (QED) is 0.225. The second kappa shape index (κ2) is 7.62. The van der Waals surface area contributed by atoms with Crippen molar-refractivity contribution in [1.82, 2.24) is 10.3 Å². The number of aromatic amines is 1. The summed E-state index contributed by atoms with van der Waals surface area (Å²) >= 11 is 12.2. The molecule has 0 fully saturated rings. The molecule has 5 nitrogen and oxygen atoms in total. The fraction of sp³-hybridized carbons (Fsp3) is 0.0952. The zero-order chi connectivity index (χ0) is 19.7. The van der Waals surface area contributed by atoms with E-state index in [1.54, 1.807) is 0 Å². The number of benzene rings is 3. The van der Waals surface area contributed by atoms with Crippen molar-refractivity contribution in [2.75, 3.05) is 11.9 Å².